The molecule has 33 heavy (non-hydrogen) atoms. The Morgan fingerprint density at radius 3 is 2.61 bits per heavy atom. The van der Waals surface area contributed by atoms with Crippen LogP contribution in [0, 0.1) is 11.3 Å². The smallest absolute Gasteiger partial charge is 0.319 e. The molecular weight excluding hydrogens is 436 g/mol. The van der Waals surface area contributed by atoms with Crippen molar-refractivity contribution in [2.75, 3.05) is 17.8 Å². The molecule has 172 valence electrons. The number of benzene rings is 2. The Kier molecular flexibility index (Phi) is 7.10. The summed E-state index contributed by atoms with van der Waals surface area (Å²) < 4.78 is 8.19. The molecule has 1 heterocycles. The second-order valence-corrected chi connectivity index (χ2v) is 9.07. The summed E-state index contributed by atoms with van der Waals surface area (Å²) in [6.45, 7) is 4.40. The number of urea groups is 1. The zero-order valence-corrected chi connectivity index (χ0v) is 19.8. The van der Waals surface area contributed by atoms with Gasteiger partial charge in [0, 0.05) is 35.1 Å². The Bertz CT molecular complexity index is 1170. The van der Waals surface area contributed by atoms with Crippen molar-refractivity contribution in [3.63, 3.8) is 0 Å². The van der Waals surface area contributed by atoms with Crippen molar-refractivity contribution in [3.05, 3.63) is 48.0 Å². The standard InChI is InChI=1S/C26H29ClN4O2/c1-17(2)29-26(32)30-19-9-7-18(8-10-19)25-23(16-28)22-12-11-21(33-14-4-13-27)15-24(22)31(25)20-5-3-6-20/h7-12,15,17,20H,3-6,13-14H2,1-2H3,(H2,29,30,32). The Hall–Kier alpha value is -3.17. The fourth-order valence-electron chi connectivity index (χ4n) is 4.19. The first-order chi connectivity index (χ1) is 16.0. The fraction of sp³-hybridized carbons (Fsp3) is 0.385. The van der Waals surface area contributed by atoms with Crippen LogP contribution in [0.15, 0.2) is 42.5 Å². The number of rotatable bonds is 8. The Morgan fingerprint density at radius 1 is 1.24 bits per heavy atom. The van der Waals surface area contributed by atoms with E-state index in [0.717, 1.165) is 47.2 Å². The number of carbonyl (C=O) groups is 1. The Balaban J connectivity index is 1.73. The van der Waals surface area contributed by atoms with Gasteiger partial charge in [0.1, 0.15) is 11.8 Å². The van der Waals surface area contributed by atoms with Gasteiger partial charge in [0.25, 0.3) is 0 Å². The van der Waals surface area contributed by atoms with E-state index in [0.29, 0.717) is 29.8 Å². The molecule has 0 spiro atoms. The molecule has 4 rings (SSSR count). The molecule has 2 amide bonds. The SMILES string of the molecule is CC(C)NC(=O)Nc1ccc(-c2c(C#N)c3ccc(OCCCCl)cc3n2C2CCC2)cc1. The molecule has 0 radical (unpaired) electrons. The molecule has 0 atom stereocenters. The summed E-state index contributed by atoms with van der Waals surface area (Å²) in [4.78, 5) is 12.0. The van der Waals surface area contributed by atoms with Crippen LogP contribution in [0.25, 0.3) is 22.2 Å². The van der Waals surface area contributed by atoms with Crippen molar-refractivity contribution in [1.29, 1.82) is 5.26 Å². The molecular formula is C26H29ClN4O2. The van der Waals surface area contributed by atoms with E-state index in [1.165, 1.54) is 6.42 Å². The molecule has 7 heteroatoms. The van der Waals surface area contributed by atoms with Crippen LogP contribution in [-0.2, 0) is 0 Å². The maximum Gasteiger partial charge on any atom is 0.319 e. The average molecular weight is 465 g/mol. The largest absolute Gasteiger partial charge is 0.493 e. The van der Waals surface area contributed by atoms with E-state index in [2.05, 4.69) is 21.3 Å². The summed E-state index contributed by atoms with van der Waals surface area (Å²) in [5, 5.41) is 16.7. The first kappa shape index (κ1) is 23.0. The molecule has 3 aromatic rings. The van der Waals surface area contributed by atoms with Crippen molar-refractivity contribution in [3.8, 4) is 23.1 Å². The van der Waals surface area contributed by atoms with E-state index in [-0.39, 0.29) is 12.1 Å². The van der Waals surface area contributed by atoms with E-state index < -0.39 is 0 Å². The van der Waals surface area contributed by atoms with Gasteiger partial charge in [0.2, 0.25) is 0 Å². The van der Waals surface area contributed by atoms with Gasteiger partial charge in [-0.3, -0.25) is 0 Å². The maximum atomic E-state index is 12.0. The zero-order chi connectivity index (χ0) is 23.4. The second kappa shape index (κ2) is 10.2. The van der Waals surface area contributed by atoms with E-state index >= 15 is 0 Å². The zero-order valence-electron chi connectivity index (χ0n) is 19.0. The quantitative estimate of drug-likeness (QED) is 0.297. The lowest BCUT2D eigenvalue weighted by Gasteiger charge is -2.30. The number of anilines is 1. The number of nitrogens with zero attached hydrogens (tertiary/aromatic N) is 2. The third-order valence-electron chi connectivity index (χ3n) is 5.91. The number of hydrogen-bond donors (Lipinski definition) is 2. The highest BCUT2D eigenvalue weighted by Gasteiger charge is 2.28. The molecule has 0 saturated heterocycles. The number of aromatic nitrogens is 1. The number of nitriles is 1. The van der Waals surface area contributed by atoms with Crippen molar-refractivity contribution in [2.45, 2.75) is 51.6 Å². The third kappa shape index (κ3) is 4.94. The van der Waals surface area contributed by atoms with Gasteiger partial charge in [-0.25, -0.2) is 4.79 Å². The summed E-state index contributed by atoms with van der Waals surface area (Å²) >= 11 is 5.78. The Morgan fingerprint density at radius 2 is 2.00 bits per heavy atom. The molecule has 2 aromatic carbocycles. The number of fused-ring (bicyclic) bond motifs is 1. The van der Waals surface area contributed by atoms with Gasteiger partial charge in [-0.05, 0) is 69.4 Å². The molecule has 0 unspecified atom stereocenters. The summed E-state index contributed by atoms with van der Waals surface area (Å²) in [6.07, 6.45) is 4.15. The van der Waals surface area contributed by atoms with Crippen LogP contribution in [0.5, 0.6) is 5.75 Å². The lowest BCUT2D eigenvalue weighted by atomic mass is 9.92. The summed E-state index contributed by atoms with van der Waals surface area (Å²) in [6, 6.07) is 16.2. The second-order valence-electron chi connectivity index (χ2n) is 8.69. The molecule has 1 saturated carbocycles. The monoisotopic (exact) mass is 464 g/mol. The van der Waals surface area contributed by atoms with Gasteiger partial charge in [-0.2, -0.15) is 5.26 Å². The molecule has 1 aliphatic carbocycles. The number of alkyl halides is 1. The van der Waals surface area contributed by atoms with E-state index in [1.54, 1.807) is 0 Å². The van der Waals surface area contributed by atoms with Crippen LogP contribution < -0.4 is 15.4 Å². The highest BCUT2D eigenvalue weighted by atomic mass is 35.5. The van der Waals surface area contributed by atoms with Crippen LogP contribution in [0.2, 0.25) is 0 Å². The summed E-state index contributed by atoms with van der Waals surface area (Å²) in [7, 11) is 0. The summed E-state index contributed by atoms with van der Waals surface area (Å²) in [5.74, 6) is 1.35. The van der Waals surface area contributed by atoms with Crippen molar-refractivity contribution >= 4 is 34.2 Å². The number of halogens is 1. The van der Waals surface area contributed by atoms with Gasteiger partial charge >= 0.3 is 6.03 Å². The molecule has 0 aliphatic heterocycles. The molecule has 1 aliphatic rings. The van der Waals surface area contributed by atoms with Crippen LogP contribution in [0.1, 0.15) is 51.1 Å². The van der Waals surface area contributed by atoms with Gasteiger partial charge in [0.05, 0.1) is 23.4 Å². The van der Waals surface area contributed by atoms with Gasteiger partial charge in [0.15, 0.2) is 0 Å². The molecule has 2 N–H and O–H groups in total. The number of amides is 2. The lowest BCUT2D eigenvalue weighted by molar-refractivity contribution is 0.250. The number of nitrogens with one attached hydrogen (secondary N) is 2. The summed E-state index contributed by atoms with van der Waals surface area (Å²) in [5.41, 5.74) is 4.27. The van der Waals surface area contributed by atoms with Crippen LogP contribution in [0.3, 0.4) is 0 Å². The fourth-order valence-corrected chi connectivity index (χ4v) is 4.30. The minimum absolute atomic E-state index is 0.0597. The predicted molar refractivity (Wildman–Crippen MR) is 133 cm³/mol. The van der Waals surface area contributed by atoms with E-state index in [1.807, 2.05) is 56.3 Å². The lowest BCUT2D eigenvalue weighted by Crippen LogP contribution is -2.34. The molecule has 0 bridgehead atoms. The average Bonchev–Trinajstić information content (AvgIpc) is 3.06. The third-order valence-corrected chi connectivity index (χ3v) is 6.18. The van der Waals surface area contributed by atoms with Crippen molar-refractivity contribution in [1.82, 2.24) is 9.88 Å². The number of carbonyl (C=O) groups excluding carboxylic acids is 1. The highest BCUT2D eigenvalue weighted by Crippen LogP contribution is 2.43. The topological polar surface area (TPSA) is 79.1 Å². The first-order valence-electron chi connectivity index (χ1n) is 11.5. The Labute approximate surface area is 199 Å². The van der Waals surface area contributed by atoms with E-state index in [4.69, 9.17) is 16.3 Å². The number of ether oxygens (including phenoxy) is 1. The normalized spacial score (nSPS) is 13.5. The maximum absolute atomic E-state index is 12.0. The van der Waals surface area contributed by atoms with Crippen LogP contribution >= 0.6 is 11.6 Å². The minimum atomic E-state index is -0.235. The molecule has 6 nitrogen and oxygen atoms in total. The highest BCUT2D eigenvalue weighted by molar-refractivity contribution is 6.17. The van der Waals surface area contributed by atoms with Gasteiger partial charge in [-0.15, -0.1) is 11.6 Å². The van der Waals surface area contributed by atoms with Crippen LogP contribution in [0.4, 0.5) is 10.5 Å². The van der Waals surface area contributed by atoms with Gasteiger partial charge < -0.3 is 19.9 Å². The van der Waals surface area contributed by atoms with Gasteiger partial charge in [-0.1, -0.05) is 12.1 Å². The van der Waals surface area contributed by atoms with Crippen molar-refractivity contribution in [2.24, 2.45) is 0 Å². The molecule has 1 aromatic heterocycles. The van der Waals surface area contributed by atoms with Crippen LogP contribution in [-0.4, -0.2) is 29.1 Å². The number of hydrogen-bond acceptors (Lipinski definition) is 3. The molecule has 1 fully saturated rings. The minimum Gasteiger partial charge on any atom is -0.493 e. The first-order valence-corrected chi connectivity index (χ1v) is 12.0. The van der Waals surface area contributed by atoms with E-state index in [9.17, 15) is 10.1 Å². The predicted octanol–water partition coefficient (Wildman–Crippen LogP) is 6.44. The van der Waals surface area contributed by atoms with Crippen molar-refractivity contribution < 1.29 is 9.53 Å².